The summed E-state index contributed by atoms with van der Waals surface area (Å²) >= 11 is 0. The number of carbonyl (C=O) groups excluding carboxylic acids is 1. The van der Waals surface area contributed by atoms with Gasteiger partial charge in [0.15, 0.2) is 0 Å². The maximum atomic E-state index is 11.9. The van der Waals surface area contributed by atoms with Gasteiger partial charge in [-0.2, -0.15) is 0 Å². The highest BCUT2D eigenvalue weighted by atomic mass is 16.5. The first kappa shape index (κ1) is 19.6. The second-order valence-corrected chi connectivity index (χ2v) is 7.37. The average Bonchev–Trinajstić information content (AvgIpc) is 2.98. The number of hydrogen-bond acceptors (Lipinski definition) is 5. The first-order chi connectivity index (χ1) is 12.2. The largest absolute Gasteiger partial charge is 0.465 e. The lowest BCUT2D eigenvalue weighted by Gasteiger charge is -2.32. The topological polar surface area (TPSA) is 111 Å². The van der Waals surface area contributed by atoms with Gasteiger partial charge in [0.25, 0.3) is 0 Å². The minimum absolute atomic E-state index is 0.128. The molecule has 0 saturated carbocycles. The number of amides is 2. The lowest BCUT2D eigenvalue weighted by Crippen LogP contribution is -2.45. The third kappa shape index (κ3) is 4.65. The molecule has 1 saturated heterocycles. The fourth-order valence-electron chi connectivity index (χ4n) is 3.21. The van der Waals surface area contributed by atoms with Crippen LogP contribution in [0.2, 0.25) is 0 Å². The Bertz CT molecular complexity index is 669. The molecule has 1 unspecified atom stereocenters. The molecule has 2 atom stereocenters. The zero-order valence-electron chi connectivity index (χ0n) is 15.2. The van der Waals surface area contributed by atoms with E-state index in [0.717, 1.165) is 5.56 Å². The van der Waals surface area contributed by atoms with Crippen molar-refractivity contribution >= 4 is 17.9 Å². The first-order valence-electron chi connectivity index (χ1n) is 8.40. The summed E-state index contributed by atoms with van der Waals surface area (Å²) in [5, 5.41) is 24.8. The van der Waals surface area contributed by atoms with Crippen molar-refractivity contribution < 1.29 is 24.6 Å². The number of carboxylic acid groups (broad SMARTS) is 1. The van der Waals surface area contributed by atoms with Gasteiger partial charge in [0.05, 0.1) is 11.8 Å². The molecular formula is C18H25N3O5. The SMILES string of the molecule is CC(C)(C)C1C(=NO)[C@H](CNC(=O)OCc2ccccc2)CN1C(=O)O. The Hall–Kier alpha value is -2.77. The van der Waals surface area contributed by atoms with E-state index < -0.39 is 29.6 Å². The Kier molecular flexibility index (Phi) is 6.07. The van der Waals surface area contributed by atoms with Crippen LogP contribution in [0.5, 0.6) is 0 Å². The summed E-state index contributed by atoms with van der Waals surface area (Å²) in [6.07, 6.45) is -1.69. The van der Waals surface area contributed by atoms with Crippen molar-refractivity contribution in [1.29, 1.82) is 0 Å². The van der Waals surface area contributed by atoms with Crippen LogP contribution in [0.1, 0.15) is 26.3 Å². The minimum Gasteiger partial charge on any atom is -0.465 e. The summed E-state index contributed by atoms with van der Waals surface area (Å²) in [5.41, 5.74) is 0.775. The van der Waals surface area contributed by atoms with Gasteiger partial charge in [-0.05, 0) is 11.0 Å². The third-order valence-electron chi connectivity index (χ3n) is 4.31. The van der Waals surface area contributed by atoms with E-state index in [0.29, 0.717) is 5.71 Å². The number of likely N-dealkylation sites (tertiary alicyclic amines) is 1. The van der Waals surface area contributed by atoms with Crippen molar-refractivity contribution in [2.45, 2.75) is 33.4 Å². The van der Waals surface area contributed by atoms with Gasteiger partial charge in [-0.3, -0.25) is 4.90 Å². The number of alkyl carbamates (subject to hydrolysis) is 1. The number of nitrogens with one attached hydrogen (secondary N) is 1. The molecule has 1 aliphatic rings. The second kappa shape index (κ2) is 8.07. The second-order valence-electron chi connectivity index (χ2n) is 7.37. The number of hydrogen-bond donors (Lipinski definition) is 3. The number of oxime groups is 1. The fraction of sp³-hybridized carbons (Fsp3) is 0.500. The van der Waals surface area contributed by atoms with Crippen LogP contribution in [0.3, 0.4) is 0 Å². The molecule has 0 aliphatic carbocycles. The quantitative estimate of drug-likeness (QED) is 0.562. The highest BCUT2D eigenvalue weighted by molar-refractivity contribution is 5.97. The lowest BCUT2D eigenvalue weighted by atomic mass is 9.82. The molecule has 142 valence electrons. The number of ether oxygens (including phenoxy) is 1. The molecule has 1 aliphatic heterocycles. The number of benzene rings is 1. The van der Waals surface area contributed by atoms with Crippen LogP contribution in [0, 0.1) is 11.3 Å². The minimum atomic E-state index is -1.08. The maximum Gasteiger partial charge on any atom is 0.407 e. The third-order valence-corrected chi connectivity index (χ3v) is 4.31. The van der Waals surface area contributed by atoms with E-state index in [1.165, 1.54) is 4.90 Å². The summed E-state index contributed by atoms with van der Waals surface area (Å²) in [6.45, 7) is 6.05. The Balaban J connectivity index is 1.96. The highest BCUT2D eigenvalue weighted by Crippen LogP contribution is 2.33. The van der Waals surface area contributed by atoms with Crippen LogP contribution in [0.25, 0.3) is 0 Å². The van der Waals surface area contributed by atoms with Gasteiger partial charge in [-0.1, -0.05) is 56.3 Å². The summed E-state index contributed by atoms with van der Waals surface area (Å²) in [5.74, 6) is -0.412. The molecule has 0 aromatic heterocycles. The van der Waals surface area contributed by atoms with Crippen molar-refractivity contribution in [3.63, 3.8) is 0 Å². The lowest BCUT2D eigenvalue weighted by molar-refractivity contribution is 0.117. The van der Waals surface area contributed by atoms with Crippen LogP contribution in [0.15, 0.2) is 35.5 Å². The van der Waals surface area contributed by atoms with E-state index in [-0.39, 0.29) is 19.7 Å². The molecule has 1 fully saturated rings. The van der Waals surface area contributed by atoms with Crippen molar-refractivity contribution in [1.82, 2.24) is 10.2 Å². The Morgan fingerprint density at radius 1 is 1.31 bits per heavy atom. The molecule has 8 nitrogen and oxygen atoms in total. The van der Waals surface area contributed by atoms with Crippen molar-refractivity contribution in [3.05, 3.63) is 35.9 Å². The van der Waals surface area contributed by atoms with E-state index in [9.17, 15) is 19.9 Å². The van der Waals surface area contributed by atoms with Gasteiger partial charge in [0, 0.05) is 19.0 Å². The number of nitrogens with zero attached hydrogens (tertiary/aromatic N) is 2. The van der Waals surface area contributed by atoms with Crippen LogP contribution >= 0.6 is 0 Å². The molecule has 2 rings (SSSR count). The van der Waals surface area contributed by atoms with E-state index in [4.69, 9.17) is 4.74 Å². The summed E-state index contributed by atoms with van der Waals surface area (Å²) < 4.78 is 5.14. The molecule has 26 heavy (non-hydrogen) atoms. The molecule has 1 aromatic rings. The smallest absolute Gasteiger partial charge is 0.407 e. The summed E-state index contributed by atoms with van der Waals surface area (Å²) in [4.78, 5) is 24.7. The highest BCUT2D eigenvalue weighted by Gasteiger charge is 2.47. The van der Waals surface area contributed by atoms with Crippen molar-refractivity contribution in [2.24, 2.45) is 16.5 Å². The van der Waals surface area contributed by atoms with Crippen LogP contribution < -0.4 is 5.32 Å². The van der Waals surface area contributed by atoms with E-state index in [1.807, 2.05) is 51.1 Å². The zero-order chi connectivity index (χ0) is 19.3. The Morgan fingerprint density at radius 2 is 1.96 bits per heavy atom. The Morgan fingerprint density at radius 3 is 2.50 bits per heavy atom. The number of rotatable bonds is 4. The van der Waals surface area contributed by atoms with Gasteiger partial charge in [-0.15, -0.1) is 0 Å². The monoisotopic (exact) mass is 363 g/mol. The molecule has 8 heteroatoms. The molecule has 0 spiro atoms. The van der Waals surface area contributed by atoms with Gasteiger partial charge in [0.1, 0.15) is 6.61 Å². The van der Waals surface area contributed by atoms with E-state index >= 15 is 0 Å². The normalized spacial score (nSPS) is 21.7. The predicted molar refractivity (Wildman–Crippen MR) is 95.3 cm³/mol. The standard InChI is InChI=1S/C18H25N3O5/c1-18(2,3)15-14(20-25)13(10-21(15)17(23)24)9-19-16(22)26-11-12-7-5-4-6-8-12/h4-8,13,15,25H,9-11H2,1-3H3,(H,19,22)(H,23,24)/t13-,15?/m1/s1. The first-order valence-corrected chi connectivity index (χ1v) is 8.40. The molecule has 0 radical (unpaired) electrons. The summed E-state index contributed by atoms with van der Waals surface area (Å²) in [6, 6.07) is 8.72. The molecule has 1 heterocycles. The van der Waals surface area contributed by atoms with Crippen LogP contribution in [-0.4, -0.2) is 52.2 Å². The molecule has 0 bridgehead atoms. The van der Waals surface area contributed by atoms with Crippen LogP contribution in [0.4, 0.5) is 9.59 Å². The van der Waals surface area contributed by atoms with Gasteiger partial charge in [-0.25, -0.2) is 9.59 Å². The Labute approximate surface area is 152 Å². The molecule has 2 amide bonds. The van der Waals surface area contributed by atoms with Gasteiger partial charge >= 0.3 is 12.2 Å². The number of carbonyl (C=O) groups is 2. The van der Waals surface area contributed by atoms with E-state index in [1.54, 1.807) is 0 Å². The van der Waals surface area contributed by atoms with Gasteiger partial charge in [0.2, 0.25) is 0 Å². The molecule has 3 N–H and O–H groups in total. The van der Waals surface area contributed by atoms with Crippen LogP contribution in [-0.2, 0) is 11.3 Å². The maximum absolute atomic E-state index is 11.9. The average molecular weight is 363 g/mol. The fourth-order valence-corrected chi connectivity index (χ4v) is 3.21. The van der Waals surface area contributed by atoms with Crippen molar-refractivity contribution in [3.8, 4) is 0 Å². The van der Waals surface area contributed by atoms with Crippen molar-refractivity contribution in [2.75, 3.05) is 13.1 Å². The molecule has 1 aromatic carbocycles. The predicted octanol–water partition coefficient (Wildman–Crippen LogP) is 2.77. The summed E-state index contributed by atoms with van der Waals surface area (Å²) in [7, 11) is 0. The molecular weight excluding hydrogens is 338 g/mol. The van der Waals surface area contributed by atoms with E-state index in [2.05, 4.69) is 10.5 Å². The van der Waals surface area contributed by atoms with Gasteiger partial charge < -0.3 is 20.4 Å². The zero-order valence-corrected chi connectivity index (χ0v) is 15.2.